The van der Waals surface area contributed by atoms with Gasteiger partial charge >= 0.3 is 5.97 Å². The Morgan fingerprint density at radius 3 is 2.63 bits per heavy atom. The van der Waals surface area contributed by atoms with Gasteiger partial charge in [0.2, 0.25) is 5.91 Å². The summed E-state index contributed by atoms with van der Waals surface area (Å²) in [5.74, 6) is -1.33. The van der Waals surface area contributed by atoms with E-state index in [9.17, 15) is 14.4 Å². The third kappa shape index (κ3) is 6.07. The maximum Gasteiger partial charge on any atom is 0.340 e. The van der Waals surface area contributed by atoms with Crippen molar-refractivity contribution in [2.75, 3.05) is 27.2 Å². The van der Waals surface area contributed by atoms with Crippen LogP contribution in [0.1, 0.15) is 16.0 Å². The summed E-state index contributed by atoms with van der Waals surface area (Å²) < 4.78 is 5.21. The summed E-state index contributed by atoms with van der Waals surface area (Å²) in [6, 6.07) is 11.4. The van der Waals surface area contributed by atoms with Gasteiger partial charge in [-0.15, -0.1) is 11.3 Å². The predicted molar refractivity (Wildman–Crippen MR) is 106 cm³/mol. The third-order valence-corrected chi connectivity index (χ3v) is 4.67. The second-order valence-electron chi connectivity index (χ2n) is 5.95. The number of hydrogen-bond acceptors (Lipinski definition) is 5. The summed E-state index contributed by atoms with van der Waals surface area (Å²) >= 11 is 1.42. The molecule has 2 aromatic rings. The molecule has 142 valence electrons. The highest BCUT2D eigenvalue weighted by Gasteiger charge is 2.19. The van der Waals surface area contributed by atoms with Crippen LogP contribution in [0.5, 0.6) is 0 Å². The summed E-state index contributed by atoms with van der Waals surface area (Å²) in [5, 5.41) is 4.31. The van der Waals surface area contributed by atoms with Gasteiger partial charge in [-0.25, -0.2) is 4.79 Å². The molecule has 0 aliphatic heterocycles. The van der Waals surface area contributed by atoms with Crippen molar-refractivity contribution in [3.05, 3.63) is 57.8 Å². The SMILES string of the molecule is CNC(=O)CN(C)C(=O)COC(=O)/C(=C/c1cccc(C)c1)c1cccs1. The minimum atomic E-state index is -0.583. The minimum Gasteiger partial charge on any atom is -0.452 e. The molecular weight excluding hydrogens is 364 g/mol. The second-order valence-corrected chi connectivity index (χ2v) is 6.90. The van der Waals surface area contributed by atoms with E-state index in [-0.39, 0.29) is 12.5 Å². The fraction of sp³-hybridized carbons (Fsp3) is 0.250. The van der Waals surface area contributed by atoms with Crippen LogP contribution >= 0.6 is 11.3 Å². The molecule has 1 heterocycles. The van der Waals surface area contributed by atoms with Gasteiger partial charge in [-0.3, -0.25) is 9.59 Å². The molecule has 1 aromatic heterocycles. The number of benzene rings is 1. The van der Waals surface area contributed by atoms with Crippen molar-refractivity contribution in [1.82, 2.24) is 10.2 Å². The monoisotopic (exact) mass is 386 g/mol. The first-order chi connectivity index (χ1) is 12.9. The van der Waals surface area contributed by atoms with Crippen LogP contribution in [0.3, 0.4) is 0 Å². The molecule has 0 aliphatic carbocycles. The van der Waals surface area contributed by atoms with Gasteiger partial charge in [0.05, 0.1) is 12.1 Å². The molecule has 6 nitrogen and oxygen atoms in total. The van der Waals surface area contributed by atoms with Crippen molar-refractivity contribution in [2.45, 2.75) is 6.92 Å². The lowest BCUT2D eigenvalue weighted by Gasteiger charge is -2.16. The molecular formula is C20H22N2O4S. The van der Waals surface area contributed by atoms with E-state index >= 15 is 0 Å². The summed E-state index contributed by atoms with van der Waals surface area (Å²) in [6.07, 6.45) is 1.75. The van der Waals surface area contributed by atoms with Crippen LogP contribution in [0.25, 0.3) is 11.6 Å². The lowest BCUT2D eigenvalue weighted by molar-refractivity contribution is -0.147. The fourth-order valence-corrected chi connectivity index (χ4v) is 3.02. The van der Waals surface area contributed by atoms with E-state index in [4.69, 9.17) is 4.74 Å². The van der Waals surface area contributed by atoms with E-state index in [0.29, 0.717) is 5.57 Å². The number of esters is 1. The van der Waals surface area contributed by atoms with Crippen molar-refractivity contribution in [3.8, 4) is 0 Å². The lowest BCUT2D eigenvalue weighted by atomic mass is 10.1. The molecule has 0 radical (unpaired) electrons. The molecule has 2 rings (SSSR count). The lowest BCUT2D eigenvalue weighted by Crippen LogP contribution is -2.39. The van der Waals surface area contributed by atoms with Gasteiger partial charge in [0.15, 0.2) is 6.61 Å². The van der Waals surface area contributed by atoms with Gasteiger partial charge < -0.3 is 15.0 Å². The van der Waals surface area contributed by atoms with Crippen molar-refractivity contribution in [1.29, 1.82) is 0 Å². The molecule has 0 spiro atoms. The molecule has 0 atom stereocenters. The molecule has 0 bridgehead atoms. The van der Waals surface area contributed by atoms with E-state index in [1.165, 1.54) is 30.3 Å². The van der Waals surface area contributed by atoms with Crippen molar-refractivity contribution < 1.29 is 19.1 Å². The Hall–Kier alpha value is -2.93. The number of carbonyl (C=O) groups is 3. The standard InChI is InChI=1S/C20H22N2O4S/c1-14-6-4-7-15(10-14)11-16(17-8-5-9-27-17)20(25)26-13-19(24)22(3)12-18(23)21-2/h4-11H,12-13H2,1-3H3,(H,21,23)/b16-11+. The van der Waals surface area contributed by atoms with E-state index in [0.717, 1.165) is 16.0 Å². The Morgan fingerprint density at radius 1 is 1.22 bits per heavy atom. The molecule has 0 aliphatic rings. The summed E-state index contributed by atoms with van der Waals surface area (Å²) in [4.78, 5) is 38.0. The second kappa shape index (κ2) is 9.68. The first-order valence-corrected chi connectivity index (χ1v) is 9.22. The highest BCUT2D eigenvalue weighted by atomic mass is 32.1. The molecule has 2 amide bonds. The van der Waals surface area contributed by atoms with Crippen LogP contribution in [0.15, 0.2) is 41.8 Å². The molecule has 1 N–H and O–H groups in total. The van der Waals surface area contributed by atoms with Crippen LogP contribution in [-0.4, -0.2) is 49.9 Å². The van der Waals surface area contributed by atoms with Crippen LogP contribution in [0.2, 0.25) is 0 Å². The van der Waals surface area contributed by atoms with Crippen molar-refractivity contribution in [2.24, 2.45) is 0 Å². The van der Waals surface area contributed by atoms with Crippen LogP contribution in [0.4, 0.5) is 0 Å². The van der Waals surface area contributed by atoms with Gasteiger partial charge in [-0.1, -0.05) is 35.9 Å². The zero-order chi connectivity index (χ0) is 19.8. The van der Waals surface area contributed by atoms with E-state index in [2.05, 4.69) is 5.32 Å². The molecule has 0 saturated carbocycles. The highest BCUT2D eigenvalue weighted by Crippen LogP contribution is 2.24. The fourth-order valence-electron chi connectivity index (χ4n) is 2.29. The maximum absolute atomic E-state index is 12.6. The average molecular weight is 386 g/mol. The number of nitrogens with one attached hydrogen (secondary N) is 1. The van der Waals surface area contributed by atoms with Gasteiger partial charge in [-0.2, -0.15) is 0 Å². The Labute approximate surface area is 162 Å². The molecule has 0 saturated heterocycles. The number of nitrogens with zero attached hydrogens (tertiary/aromatic N) is 1. The number of likely N-dealkylation sites (N-methyl/N-ethyl adjacent to an activating group) is 2. The number of thiophene rings is 1. The molecule has 1 aromatic carbocycles. The third-order valence-electron chi connectivity index (χ3n) is 3.77. The highest BCUT2D eigenvalue weighted by molar-refractivity contribution is 7.11. The van der Waals surface area contributed by atoms with Crippen molar-refractivity contribution >= 4 is 40.8 Å². The first-order valence-electron chi connectivity index (χ1n) is 8.34. The quantitative estimate of drug-likeness (QED) is 0.585. The Morgan fingerprint density at radius 2 is 2.00 bits per heavy atom. The van der Waals surface area contributed by atoms with E-state index in [1.807, 2.05) is 48.7 Å². The summed E-state index contributed by atoms with van der Waals surface area (Å²) in [5.41, 5.74) is 2.34. The number of ether oxygens (including phenoxy) is 1. The zero-order valence-electron chi connectivity index (χ0n) is 15.5. The van der Waals surface area contributed by atoms with Crippen LogP contribution < -0.4 is 5.32 Å². The average Bonchev–Trinajstić information content (AvgIpc) is 3.18. The first kappa shape index (κ1) is 20.4. The Balaban J connectivity index is 2.11. The number of rotatable bonds is 7. The topological polar surface area (TPSA) is 75.7 Å². The van der Waals surface area contributed by atoms with Gasteiger partial charge in [0.1, 0.15) is 0 Å². The summed E-state index contributed by atoms with van der Waals surface area (Å²) in [6.45, 7) is 1.45. The Bertz CT molecular complexity index is 843. The predicted octanol–water partition coefficient (Wildman–Crippen LogP) is 2.34. The largest absolute Gasteiger partial charge is 0.452 e. The smallest absolute Gasteiger partial charge is 0.340 e. The maximum atomic E-state index is 12.6. The number of amides is 2. The Kier molecular flexibility index (Phi) is 7.31. The molecule has 7 heteroatoms. The van der Waals surface area contributed by atoms with Gasteiger partial charge in [0, 0.05) is 19.0 Å². The minimum absolute atomic E-state index is 0.0935. The molecule has 0 fully saturated rings. The van der Waals surface area contributed by atoms with Gasteiger partial charge in [-0.05, 0) is 30.0 Å². The number of carbonyl (C=O) groups excluding carboxylic acids is 3. The normalized spacial score (nSPS) is 11.0. The molecule has 0 unspecified atom stereocenters. The van der Waals surface area contributed by atoms with Crippen LogP contribution in [-0.2, 0) is 19.1 Å². The zero-order valence-corrected chi connectivity index (χ0v) is 16.3. The van der Waals surface area contributed by atoms with E-state index in [1.54, 1.807) is 6.08 Å². The van der Waals surface area contributed by atoms with Crippen molar-refractivity contribution in [3.63, 3.8) is 0 Å². The summed E-state index contributed by atoms with van der Waals surface area (Å²) in [7, 11) is 2.97. The number of aryl methyl sites for hydroxylation is 1. The number of hydrogen-bond donors (Lipinski definition) is 1. The van der Waals surface area contributed by atoms with E-state index < -0.39 is 18.5 Å². The van der Waals surface area contributed by atoms with Crippen LogP contribution in [0, 0.1) is 6.92 Å². The molecule has 27 heavy (non-hydrogen) atoms. The van der Waals surface area contributed by atoms with Gasteiger partial charge in [0.25, 0.3) is 5.91 Å².